The van der Waals surface area contributed by atoms with Crippen molar-refractivity contribution in [1.29, 1.82) is 0 Å². The Labute approximate surface area is 208 Å². The van der Waals surface area contributed by atoms with Crippen LogP contribution in [0.25, 0.3) is 16.6 Å². The highest BCUT2D eigenvalue weighted by Crippen LogP contribution is 2.41. The average Bonchev–Trinajstić information content (AvgIpc) is 3.31. The number of benzene rings is 2. The van der Waals surface area contributed by atoms with E-state index in [1.165, 1.54) is 43.7 Å². The third kappa shape index (κ3) is 5.03. The smallest absolute Gasteiger partial charge is 0.394 e. The summed E-state index contributed by atoms with van der Waals surface area (Å²) in [5, 5.41) is 3.81. The first-order valence-electron chi connectivity index (χ1n) is 10.8. The van der Waals surface area contributed by atoms with Crippen LogP contribution in [0.3, 0.4) is 0 Å². The van der Waals surface area contributed by atoms with Crippen molar-refractivity contribution in [3.8, 4) is 11.4 Å². The molecular formula is C24H21F4N3O5S. The predicted molar refractivity (Wildman–Crippen MR) is 127 cm³/mol. The number of hydrogen-bond donors (Lipinski definition) is 1. The number of sulfonamides is 1. The minimum atomic E-state index is -4.57. The summed E-state index contributed by atoms with van der Waals surface area (Å²) >= 11 is 0. The van der Waals surface area contributed by atoms with Crippen LogP contribution < -0.4 is 15.0 Å². The van der Waals surface area contributed by atoms with Crippen LogP contribution in [0.15, 0.2) is 69.0 Å². The zero-order valence-corrected chi connectivity index (χ0v) is 20.6. The molecule has 0 aliphatic heterocycles. The predicted octanol–water partition coefficient (Wildman–Crippen LogP) is 5.06. The lowest BCUT2D eigenvalue weighted by Crippen LogP contribution is -2.34. The molecule has 0 aliphatic rings. The van der Waals surface area contributed by atoms with Crippen LogP contribution in [0, 0.1) is 11.2 Å². The Morgan fingerprint density at radius 1 is 1.08 bits per heavy atom. The number of pyridine rings is 1. The van der Waals surface area contributed by atoms with Crippen LogP contribution in [0.4, 0.5) is 23.4 Å². The van der Waals surface area contributed by atoms with E-state index in [2.05, 4.69) is 14.4 Å². The summed E-state index contributed by atoms with van der Waals surface area (Å²) in [6, 6.07) is 9.82. The lowest BCUT2D eigenvalue weighted by Gasteiger charge is -2.28. The van der Waals surface area contributed by atoms with Gasteiger partial charge in [-0.25, -0.2) is 12.8 Å². The molecule has 0 spiro atoms. The molecule has 8 nitrogen and oxygen atoms in total. The standard InChI is InChI=1S/C24H21F4N3O5S/c1-23(2,24(26,27)28)13-15-11-20(35-3)19(12-17(15)25)31-18-6-5-16(10-14(18)4-7-22(31)32)37(33,34)30-21-8-9-36-29-21/h4-12H,13H2,1-3H3,(H,29,30). The number of methoxy groups -OCH3 is 1. The number of rotatable bonds is 7. The minimum absolute atomic E-state index is 0.0286. The molecule has 0 amide bonds. The van der Waals surface area contributed by atoms with Crippen LogP contribution in [-0.2, 0) is 16.4 Å². The molecule has 2 aromatic heterocycles. The zero-order valence-electron chi connectivity index (χ0n) is 19.8. The number of ether oxygens (including phenoxy) is 1. The molecule has 4 rings (SSSR count). The molecule has 13 heteroatoms. The van der Waals surface area contributed by atoms with E-state index < -0.39 is 39.4 Å². The number of halogens is 4. The van der Waals surface area contributed by atoms with Crippen molar-refractivity contribution in [1.82, 2.24) is 9.72 Å². The monoisotopic (exact) mass is 539 g/mol. The van der Waals surface area contributed by atoms with Crippen molar-refractivity contribution < 1.29 is 35.2 Å². The van der Waals surface area contributed by atoms with Crippen LogP contribution in [0.1, 0.15) is 19.4 Å². The van der Waals surface area contributed by atoms with Gasteiger partial charge in [-0.05, 0) is 42.3 Å². The van der Waals surface area contributed by atoms with Gasteiger partial charge in [0.15, 0.2) is 5.82 Å². The summed E-state index contributed by atoms with van der Waals surface area (Å²) in [6.45, 7) is 1.93. The second-order valence-corrected chi connectivity index (χ2v) is 10.6. The van der Waals surface area contributed by atoms with Crippen LogP contribution in [-0.4, -0.2) is 31.4 Å². The summed E-state index contributed by atoms with van der Waals surface area (Å²) in [5.74, 6) is -1.01. The topological polar surface area (TPSA) is 103 Å². The first kappa shape index (κ1) is 26.2. The lowest BCUT2D eigenvalue weighted by molar-refractivity contribution is -0.211. The van der Waals surface area contributed by atoms with Gasteiger partial charge in [0, 0.05) is 23.6 Å². The molecule has 196 valence electrons. The van der Waals surface area contributed by atoms with Crippen molar-refractivity contribution in [2.45, 2.75) is 31.3 Å². The van der Waals surface area contributed by atoms with E-state index in [1.54, 1.807) is 0 Å². The molecule has 0 radical (unpaired) electrons. The van der Waals surface area contributed by atoms with Crippen molar-refractivity contribution in [2.75, 3.05) is 11.8 Å². The number of anilines is 1. The first-order chi connectivity index (χ1) is 17.2. The van der Waals surface area contributed by atoms with Crippen molar-refractivity contribution in [3.05, 3.63) is 76.5 Å². The average molecular weight is 540 g/mol. The van der Waals surface area contributed by atoms with E-state index in [4.69, 9.17) is 4.74 Å². The summed E-state index contributed by atoms with van der Waals surface area (Å²) < 4.78 is 93.9. The highest BCUT2D eigenvalue weighted by atomic mass is 32.2. The van der Waals surface area contributed by atoms with Crippen molar-refractivity contribution >= 4 is 26.7 Å². The van der Waals surface area contributed by atoms with Crippen LogP contribution in [0.5, 0.6) is 5.75 Å². The maximum Gasteiger partial charge on any atom is 0.394 e. The van der Waals surface area contributed by atoms with Gasteiger partial charge in [-0.15, -0.1) is 0 Å². The Bertz CT molecular complexity index is 1630. The highest BCUT2D eigenvalue weighted by Gasteiger charge is 2.47. The Balaban J connectivity index is 1.82. The van der Waals surface area contributed by atoms with Gasteiger partial charge in [0.1, 0.15) is 17.8 Å². The van der Waals surface area contributed by atoms with E-state index in [-0.39, 0.29) is 33.2 Å². The fourth-order valence-corrected chi connectivity index (χ4v) is 4.76. The molecule has 1 N–H and O–H groups in total. The summed E-state index contributed by atoms with van der Waals surface area (Å²) in [6.07, 6.45) is -4.03. The van der Waals surface area contributed by atoms with Crippen LogP contribution in [0.2, 0.25) is 0 Å². The molecule has 0 saturated heterocycles. The van der Waals surface area contributed by atoms with E-state index in [9.17, 15) is 26.4 Å². The quantitative estimate of drug-likeness (QED) is 0.330. The summed E-state index contributed by atoms with van der Waals surface area (Å²) in [7, 11) is -2.81. The van der Waals surface area contributed by atoms with Gasteiger partial charge in [0.2, 0.25) is 0 Å². The molecule has 0 aliphatic carbocycles. The van der Waals surface area contributed by atoms with Gasteiger partial charge in [-0.3, -0.25) is 14.1 Å². The molecular weight excluding hydrogens is 518 g/mol. The molecule has 0 fully saturated rings. The van der Waals surface area contributed by atoms with Gasteiger partial charge in [0.25, 0.3) is 15.6 Å². The molecule has 2 heterocycles. The zero-order chi connectivity index (χ0) is 27.2. The van der Waals surface area contributed by atoms with Gasteiger partial charge in [-0.1, -0.05) is 19.0 Å². The number of nitrogens with zero attached hydrogens (tertiary/aromatic N) is 2. The van der Waals surface area contributed by atoms with E-state index in [0.29, 0.717) is 5.39 Å². The van der Waals surface area contributed by atoms with E-state index in [1.807, 2.05) is 0 Å². The maximum absolute atomic E-state index is 15.1. The van der Waals surface area contributed by atoms with E-state index >= 15 is 4.39 Å². The Morgan fingerprint density at radius 3 is 2.43 bits per heavy atom. The first-order valence-corrected chi connectivity index (χ1v) is 12.2. The lowest BCUT2D eigenvalue weighted by atomic mass is 9.84. The second kappa shape index (κ2) is 9.21. The third-order valence-electron chi connectivity index (χ3n) is 5.84. The Hall–Kier alpha value is -3.87. The van der Waals surface area contributed by atoms with Gasteiger partial charge in [0.05, 0.1) is 28.6 Å². The molecule has 0 saturated carbocycles. The van der Waals surface area contributed by atoms with Crippen molar-refractivity contribution in [2.24, 2.45) is 5.41 Å². The van der Waals surface area contributed by atoms with Gasteiger partial charge >= 0.3 is 6.18 Å². The largest absolute Gasteiger partial charge is 0.495 e. The third-order valence-corrected chi connectivity index (χ3v) is 7.19. The molecule has 0 atom stereocenters. The maximum atomic E-state index is 15.1. The second-order valence-electron chi connectivity index (χ2n) is 8.89. The Morgan fingerprint density at radius 2 is 1.81 bits per heavy atom. The molecule has 0 bridgehead atoms. The van der Waals surface area contributed by atoms with Crippen molar-refractivity contribution in [3.63, 3.8) is 0 Å². The fraction of sp³-hybridized carbons (Fsp3) is 0.250. The molecule has 0 unspecified atom stereocenters. The number of fused-ring (bicyclic) bond motifs is 1. The highest BCUT2D eigenvalue weighted by molar-refractivity contribution is 7.92. The summed E-state index contributed by atoms with van der Waals surface area (Å²) in [5.41, 5.74) is -2.87. The minimum Gasteiger partial charge on any atom is -0.495 e. The number of nitrogens with one attached hydrogen (secondary N) is 1. The number of alkyl halides is 3. The Kier molecular flexibility index (Phi) is 6.52. The SMILES string of the molecule is COc1cc(CC(C)(C)C(F)(F)F)c(F)cc1-n1c(=O)ccc2cc(S(=O)(=O)Nc3ccon3)ccc21. The molecule has 4 aromatic rings. The van der Waals surface area contributed by atoms with Gasteiger partial charge in [-0.2, -0.15) is 13.2 Å². The summed E-state index contributed by atoms with van der Waals surface area (Å²) in [4.78, 5) is 12.7. The fourth-order valence-electron chi connectivity index (χ4n) is 3.74. The van der Waals surface area contributed by atoms with E-state index in [0.717, 1.165) is 36.6 Å². The van der Waals surface area contributed by atoms with Gasteiger partial charge < -0.3 is 9.26 Å². The molecule has 2 aromatic carbocycles. The van der Waals surface area contributed by atoms with Crippen LogP contribution >= 0.6 is 0 Å². The number of aromatic nitrogens is 2. The normalized spacial score (nSPS) is 12.6. The number of hydrogen-bond acceptors (Lipinski definition) is 6. The molecule has 37 heavy (non-hydrogen) atoms.